The Morgan fingerprint density at radius 3 is 2.50 bits per heavy atom. The average Bonchev–Trinajstić information content (AvgIpc) is 3.29. The van der Waals surface area contributed by atoms with Gasteiger partial charge in [0.25, 0.3) is 5.56 Å². The summed E-state index contributed by atoms with van der Waals surface area (Å²) >= 11 is 0. The monoisotopic (exact) mass is 380 g/mol. The van der Waals surface area contributed by atoms with E-state index < -0.39 is 6.04 Å². The smallest absolute Gasteiger partial charge is 0.267 e. The van der Waals surface area contributed by atoms with Crippen LogP contribution in [0, 0.1) is 0 Å². The third-order valence-electron chi connectivity index (χ3n) is 4.75. The van der Waals surface area contributed by atoms with E-state index in [2.05, 4.69) is 15.1 Å². The van der Waals surface area contributed by atoms with Gasteiger partial charge < -0.3 is 14.2 Å². The quantitative estimate of drug-likeness (QED) is 0.671. The van der Waals surface area contributed by atoms with Gasteiger partial charge in [0.2, 0.25) is 11.9 Å². The van der Waals surface area contributed by atoms with Gasteiger partial charge in [0.1, 0.15) is 11.7 Å². The molecule has 1 fully saturated rings. The van der Waals surface area contributed by atoms with Crippen molar-refractivity contribution in [1.82, 2.24) is 24.6 Å². The molecule has 0 saturated carbocycles. The van der Waals surface area contributed by atoms with Crippen LogP contribution in [0.25, 0.3) is 11.5 Å². The predicted octanol–water partition coefficient (Wildman–Crippen LogP) is 1.20. The van der Waals surface area contributed by atoms with Crippen LogP contribution in [0.5, 0.6) is 0 Å². The molecule has 3 aromatic heterocycles. The fraction of sp³-hybridized carbons (Fsp3) is 0.316. The van der Waals surface area contributed by atoms with Gasteiger partial charge >= 0.3 is 0 Å². The van der Waals surface area contributed by atoms with E-state index in [1.165, 1.54) is 17.0 Å². The van der Waals surface area contributed by atoms with E-state index in [-0.39, 0.29) is 11.5 Å². The van der Waals surface area contributed by atoms with E-state index in [1.54, 1.807) is 48.5 Å². The molecule has 0 aromatic carbocycles. The lowest BCUT2D eigenvalue weighted by Gasteiger charge is -2.35. The number of carbonyl (C=O) groups is 1. The van der Waals surface area contributed by atoms with Gasteiger partial charge in [-0.15, -0.1) is 0 Å². The molecule has 0 spiro atoms. The van der Waals surface area contributed by atoms with Crippen LogP contribution in [0.15, 0.2) is 58.2 Å². The zero-order valence-electron chi connectivity index (χ0n) is 15.4. The molecular formula is C19H20N6O3. The molecule has 9 nitrogen and oxygen atoms in total. The molecule has 0 N–H and O–H groups in total. The fourth-order valence-electron chi connectivity index (χ4n) is 3.21. The third-order valence-corrected chi connectivity index (χ3v) is 4.75. The van der Waals surface area contributed by atoms with Crippen molar-refractivity contribution in [2.45, 2.75) is 13.0 Å². The molecule has 1 aliphatic rings. The first kappa shape index (κ1) is 17.9. The normalized spacial score (nSPS) is 15.5. The van der Waals surface area contributed by atoms with E-state index in [1.807, 2.05) is 4.90 Å². The molecule has 1 aliphatic heterocycles. The Bertz CT molecular complexity index is 994. The molecular weight excluding hydrogens is 360 g/mol. The summed E-state index contributed by atoms with van der Waals surface area (Å²) in [4.78, 5) is 37.5. The Morgan fingerprint density at radius 1 is 1.07 bits per heavy atom. The highest BCUT2D eigenvalue weighted by molar-refractivity contribution is 5.80. The zero-order valence-corrected chi connectivity index (χ0v) is 15.4. The van der Waals surface area contributed by atoms with Gasteiger partial charge in [-0.05, 0) is 31.2 Å². The highest BCUT2D eigenvalue weighted by Crippen LogP contribution is 2.17. The summed E-state index contributed by atoms with van der Waals surface area (Å²) in [6.07, 6.45) is 4.94. The van der Waals surface area contributed by atoms with E-state index >= 15 is 0 Å². The summed E-state index contributed by atoms with van der Waals surface area (Å²) < 4.78 is 6.55. The Balaban J connectivity index is 1.47. The Morgan fingerprint density at radius 2 is 1.82 bits per heavy atom. The van der Waals surface area contributed by atoms with Gasteiger partial charge in [-0.25, -0.2) is 14.6 Å². The molecule has 4 heterocycles. The van der Waals surface area contributed by atoms with Crippen molar-refractivity contribution >= 4 is 11.9 Å². The number of carbonyl (C=O) groups excluding carboxylic acids is 1. The standard InChI is InChI=1S/C19H20N6O3/c1-14(25-17(26)6-5-15(22-25)16-4-2-13-28-16)18(27)23-9-11-24(12-10-23)19-20-7-3-8-21-19/h2-8,13-14H,9-12H2,1H3. The van der Waals surface area contributed by atoms with Crippen LogP contribution < -0.4 is 10.5 Å². The zero-order chi connectivity index (χ0) is 19.5. The Hall–Kier alpha value is -3.49. The molecule has 144 valence electrons. The molecule has 0 bridgehead atoms. The van der Waals surface area contributed by atoms with Gasteiger partial charge in [0.15, 0.2) is 5.76 Å². The van der Waals surface area contributed by atoms with E-state index in [0.29, 0.717) is 43.6 Å². The molecule has 1 unspecified atom stereocenters. The SMILES string of the molecule is CC(C(=O)N1CCN(c2ncccn2)CC1)n1nc(-c2ccco2)ccc1=O. The average molecular weight is 380 g/mol. The molecule has 9 heteroatoms. The van der Waals surface area contributed by atoms with Gasteiger partial charge in [0.05, 0.1) is 6.26 Å². The summed E-state index contributed by atoms with van der Waals surface area (Å²) in [5.74, 6) is 1.07. The van der Waals surface area contributed by atoms with Gasteiger partial charge in [-0.1, -0.05) is 0 Å². The second-order valence-electron chi connectivity index (χ2n) is 6.52. The first-order chi connectivity index (χ1) is 13.6. The van der Waals surface area contributed by atoms with Crippen molar-refractivity contribution in [2.24, 2.45) is 0 Å². The number of hydrogen-bond acceptors (Lipinski definition) is 7. The highest BCUT2D eigenvalue weighted by atomic mass is 16.3. The maximum atomic E-state index is 12.9. The number of piperazine rings is 1. The van der Waals surface area contributed by atoms with Gasteiger partial charge in [0, 0.05) is 44.6 Å². The number of amides is 1. The number of furan rings is 1. The van der Waals surface area contributed by atoms with Crippen LogP contribution in [0.4, 0.5) is 5.95 Å². The number of nitrogens with zero attached hydrogens (tertiary/aromatic N) is 6. The van der Waals surface area contributed by atoms with Crippen molar-refractivity contribution in [2.75, 3.05) is 31.1 Å². The molecule has 0 radical (unpaired) electrons. The van der Waals surface area contributed by atoms with Crippen molar-refractivity contribution in [3.8, 4) is 11.5 Å². The number of aromatic nitrogens is 4. The molecule has 1 amide bonds. The summed E-state index contributed by atoms with van der Waals surface area (Å²) in [6, 6.07) is 7.56. The van der Waals surface area contributed by atoms with Gasteiger partial charge in [-0.2, -0.15) is 5.10 Å². The molecule has 3 aromatic rings. The van der Waals surface area contributed by atoms with Crippen LogP contribution in [0.2, 0.25) is 0 Å². The Kier molecular flexibility index (Phi) is 4.88. The Labute approximate surface area is 161 Å². The molecule has 28 heavy (non-hydrogen) atoms. The minimum absolute atomic E-state index is 0.139. The van der Waals surface area contributed by atoms with E-state index in [4.69, 9.17) is 4.42 Å². The van der Waals surface area contributed by atoms with Crippen LogP contribution in [-0.4, -0.2) is 56.7 Å². The van der Waals surface area contributed by atoms with Crippen LogP contribution in [-0.2, 0) is 4.79 Å². The van der Waals surface area contributed by atoms with Crippen LogP contribution in [0.1, 0.15) is 13.0 Å². The summed E-state index contributed by atoms with van der Waals surface area (Å²) in [5, 5.41) is 4.33. The predicted molar refractivity (Wildman–Crippen MR) is 102 cm³/mol. The fourth-order valence-corrected chi connectivity index (χ4v) is 3.21. The van der Waals surface area contributed by atoms with Crippen molar-refractivity contribution in [3.63, 3.8) is 0 Å². The van der Waals surface area contributed by atoms with E-state index in [9.17, 15) is 9.59 Å². The minimum atomic E-state index is -0.707. The molecule has 1 atom stereocenters. The second-order valence-corrected chi connectivity index (χ2v) is 6.52. The first-order valence-electron chi connectivity index (χ1n) is 9.08. The summed E-state index contributed by atoms with van der Waals surface area (Å²) in [5.41, 5.74) is 0.183. The number of rotatable bonds is 4. The second kappa shape index (κ2) is 7.63. The maximum absolute atomic E-state index is 12.9. The van der Waals surface area contributed by atoms with Crippen molar-refractivity contribution in [1.29, 1.82) is 0 Å². The lowest BCUT2D eigenvalue weighted by Crippen LogP contribution is -2.51. The van der Waals surface area contributed by atoms with Crippen molar-refractivity contribution in [3.05, 3.63) is 59.3 Å². The topological polar surface area (TPSA) is 97.4 Å². The number of anilines is 1. The largest absolute Gasteiger partial charge is 0.463 e. The lowest BCUT2D eigenvalue weighted by atomic mass is 10.2. The molecule has 4 rings (SSSR count). The summed E-state index contributed by atoms with van der Waals surface area (Å²) in [6.45, 7) is 4.03. The van der Waals surface area contributed by atoms with Crippen molar-refractivity contribution < 1.29 is 9.21 Å². The minimum Gasteiger partial charge on any atom is -0.463 e. The lowest BCUT2D eigenvalue weighted by molar-refractivity contribution is -0.135. The molecule has 0 aliphatic carbocycles. The molecule has 1 saturated heterocycles. The summed E-state index contributed by atoms with van der Waals surface area (Å²) in [7, 11) is 0. The third kappa shape index (κ3) is 3.51. The van der Waals surface area contributed by atoms with Gasteiger partial charge in [-0.3, -0.25) is 9.59 Å². The number of hydrogen-bond donors (Lipinski definition) is 0. The first-order valence-corrected chi connectivity index (χ1v) is 9.08. The van der Waals surface area contributed by atoms with E-state index in [0.717, 1.165) is 0 Å². The van der Waals surface area contributed by atoms with Crippen LogP contribution in [0.3, 0.4) is 0 Å². The van der Waals surface area contributed by atoms with Crippen LogP contribution >= 0.6 is 0 Å². The highest BCUT2D eigenvalue weighted by Gasteiger charge is 2.28. The maximum Gasteiger partial charge on any atom is 0.267 e.